The van der Waals surface area contributed by atoms with Crippen molar-refractivity contribution in [3.63, 3.8) is 0 Å². The van der Waals surface area contributed by atoms with Crippen LogP contribution in [0.5, 0.6) is 0 Å². The van der Waals surface area contributed by atoms with Crippen molar-refractivity contribution in [1.29, 1.82) is 0 Å². The molecule has 1 aromatic carbocycles. The minimum absolute atomic E-state index is 0.0605. The molecule has 4 nitrogen and oxygen atoms in total. The number of halogens is 1. The molecule has 5 heteroatoms. The first-order valence-electron chi connectivity index (χ1n) is 7.02. The summed E-state index contributed by atoms with van der Waals surface area (Å²) in [4.78, 5) is 26.2. The number of likely N-dealkylation sites (tertiary alicyclic amines) is 1. The van der Waals surface area contributed by atoms with E-state index < -0.39 is 11.6 Å². The van der Waals surface area contributed by atoms with E-state index in [1.54, 1.807) is 4.90 Å². The number of esters is 1. The third-order valence-corrected chi connectivity index (χ3v) is 4.08. The Balaban J connectivity index is 2.32. The van der Waals surface area contributed by atoms with Crippen LogP contribution >= 0.6 is 15.9 Å². The quantitative estimate of drug-likeness (QED) is 0.619. The Morgan fingerprint density at radius 1 is 1.33 bits per heavy atom. The summed E-state index contributed by atoms with van der Waals surface area (Å²) in [5, 5.41) is 0. The van der Waals surface area contributed by atoms with Gasteiger partial charge in [-0.3, -0.25) is 4.79 Å². The highest BCUT2D eigenvalue weighted by molar-refractivity contribution is 9.10. The lowest BCUT2D eigenvalue weighted by Gasteiger charge is -2.30. The SMILES string of the molecule is CC(C)(C)OC(=O)C(c1ccccc1)N1CCC(Br)C1=O. The van der Waals surface area contributed by atoms with Crippen molar-refractivity contribution in [2.75, 3.05) is 6.54 Å². The molecule has 1 aliphatic heterocycles. The van der Waals surface area contributed by atoms with Crippen LogP contribution in [-0.2, 0) is 14.3 Å². The maximum Gasteiger partial charge on any atom is 0.334 e. The first-order valence-corrected chi connectivity index (χ1v) is 7.93. The average Bonchev–Trinajstić information content (AvgIpc) is 2.71. The van der Waals surface area contributed by atoms with Crippen LogP contribution in [0.15, 0.2) is 30.3 Å². The monoisotopic (exact) mass is 353 g/mol. The van der Waals surface area contributed by atoms with E-state index in [9.17, 15) is 9.59 Å². The summed E-state index contributed by atoms with van der Waals surface area (Å²) in [6.07, 6.45) is 0.699. The summed E-state index contributed by atoms with van der Waals surface area (Å²) >= 11 is 3.35. The molecule has 0 bridgehead atoms. The maximum absolute atomic E-state index is 12.6. The highest BCUT2D eigenvalue weighted by Crippen LogP contribution is 2.31. The van der Waals surface area contributed by atoms with E-state index in [2.05, 4.69) is 15.9 Å². The zero-order chi connectivity index (χ0) is 15.6. The van der Waals surface area contributed by atoms with Gasteiger partial charge in [0.25, 0.3) is 0 Å². The summed E-state index contributed by atoms with van der Waals surface area (Å²) in [5.41, 5.74) is 0.197. The molecular weight excluding hydrogens is 334 g/mol. The summed E-state index contributed by atoms with van der Waals surface area (Å²) in [5.74, 6) is -0.446. The second kappa shape index (κ2) is 6.18. The molecule has 21 heavy (non-hydrogen) atoms. The molecule has 1 aliphatic rings. The summed E-state index contributed by atoms with van der Waals surface area (Å²) in [7, 11) is 0. The van der Waals surface area contributed by atoms with Crippen LogP contribution in [0, 0.1) is 0 Å². The third kappa shape index (κ3) is 3.84. The van der Waals surface area contributed by atoms with Crippen molar-refractivity contribution < 1.29 is 14.3 Å². The number of hydrogen-bond donors (Lipinski definition) is 0. The van der Waals surface area contributed by atoms with Gasteiger partial charge >= 0.3 is 5.97 Å². The Morgan fingerprint density at radius 2 is 1.95 bits per heavy atom. The summed E-state index contributed by atoms with van der Waals surface area (Å²) in [6.45, 7) is 6.03. The van der Waals surface area contributed by atoms with Gasteiger partial charge in [-0.25, -0.2) is 4.79 Å². The van der Waals surface area contributed by atoms with Crippen molar-refractivity contribution in [3.05, 3.63) is 35.9 Å². The molecule has 0 saturated carbocycles. The smallest absolute Gasteiger partial charge is 0.334 e. The first-order chi connectivity index (χ1) is 9.79. The third-order valence-electron chi connectivity index (χ3n) is 3.23. The number of carbonyl (C=O) groups excluding carboxylic acids is 2. The lowest BCUT2D eigenvalue weighted by atomic mass is 10.1. The molecule has 1 fully saturated rings. The predicted octanol–water partition coefficient (Wildman–Crippen LogP) is 3.07. The van der Waals surface area contributed by atoms with Gasteiger partial charge in [0.1, 0.15) is 5.60 Å². The van der Waals surface area contributed by atoms with Crippen LogP contribution in [0.25, 0.3) is 0 Å². The largest absolute Gasteiger partial charge is 0.458 e. The molecular formula is C16H20BrNO3. The molecule has 2 rings (SSSR count). The Kier molecular flexibility index (Phi) is 4.71. The predicted molar refractivity (Wildman–Crippen MR) is 84.1 cm³/mol. The highest BCUT2D eigenvalue weighted by atomic mass is 79.9. The van der Waals surface area contributed by atoms with Gasteiger partial charge < -0.3 is 9.64 Å². The fourth-order valence-electron chi connectivity index (χ4n) is 2.36. The van der Waals surface area contributed by atoms with E-state index >= 15 is 0 Å². The van der Waals surface area contributed by atoms with Crippen molar-refractivity contribution in [2.45, 2.75) is 43.7 Å². The molecule has 114 valence electrons. The highest BCUT2D eigenvalue weighted by Gasteiger charge is 2.40. The van der Waals surface area contributed by atoms with E-state index in [0.717, 1.165) is 5.56 Å². The minimum atomic E-state index is -0.680. The summed E-state index contributed by atoms with van der Waals surface area (Å²) in [6, 6.07) is 8.62. The molecule has 0 N–H and O–H groups in total. The Labute approximate surface area is 133 Å². The number of alkyl halides is 1. The van der Waals surface area contributed by atoms with Gasteiger partial charge in [-0.15, -0.1) is 0 Å². The second-order valence-corrected chi connectivity index (χ2v) is 7.24. The number of benzene rings is 1. The first kappa shape index (κ1) is 16.0. The molecule has 1 aromatic rings. The van der Waals surface area contributed by atoms with Gasteiger partial charge in [-0.05, 0) is 32.8 Å². The van der Waals surface area contributed by atoms with E-state index in [1.165, 1.54) is 0 Å². The van der Waals surface area contributed by atoms with Crippen LogP contribution in [-0.4, -0.2) is 33.7 Å². The molecule has 0 radical (unpaired) electrons. The lowest BCUT2D eigenvalue weighted by molar-refractivity contribution is -0.164. The Hall–Kier alpha value is -1.36. The van der Waals surface area contributed by atoms with Crippen molar-refractivity contribution in [2.24, 2.45) is 0 Å². The van der Waals surface area contributed by atoms with Gasteiger partial charge in [-0.1, -0.05) is 46.3 Å². The van der Waals surface area contributed by atoms with Crippen LogP contribution in [0.2, 0.25) is 0 Å². The minimum Gasteiger partial charge on any atom is -0.458 e. The van der Waals surface area contributed by atoms with E-state index in [1.807, 2.05) is 51.1 Å². The molecule has 0 spiro atoms. The van der Waals surface area contributed by atoms with Gasteiger partial charge in [0.05, 0.1) is 4.83 Å². The van der Waals surface area contributed by atoms with Crippen LogP contribution in [0.4, 0.5) is 0 Å². The zero-order valence-corrected chi connectivity index (χ0v) is 14.1. The van der Waals surface area contributed by atoms with Gasteiger partial charge in [0.15, 0.2) is 6.04 Å². The fourth-order valence-corrected chi connectivity index (χ4v) is 2.83. The van der Waals surface area contributed by atoms with E-state index in [4.69, 9.17) is 4.74 Å². The van der Waals surface area contributed by atoms with Crippen molar-refractivity contribution in [3.8, 4) is 0 Å². The Morgan fingerprint density at radius 3 is 2.43 bits per heavy atom. The number of ether oxygens (including phenoxy) is 1. The standard InChI is InChI=1S/C16H20BrNO3/c1-16(2,3)21-15(20)13(11-7-5-4-6-8-11)18-10-9-12(17)14(18)19/h4-8,12-13H,9-10H2,1-3H3. The van der Waals surface area contributed by atoms with Crippen LogP contribution < -0.4 is 0 Å². The van der Waals surface area contributed by atoms with Gasteiger partial charge in [0, 0.05) is 6.54 Å². The van der Waals surface area contributed by atoms with Crippen LogP contribution in [0.1, 0.15) is 38.8 Å². The Bertz CT molecular complexity index is 524. The fraction of sp³-hybridized carbons (Fsp3) is 0.500. The second-order valence-electron chi connectivity index (χ2n) is 6.13. The van der Waals surface area contributed by atoms with E-state index in [0.29, 0.717) is 13.0 Å². The lowest BCUT2D eigenvalue weighted by Crippen LogP contribution is -2.40. The molecule has 0 aromatic heterocycles. The maximum atomic E-state index is 12.6. The number of carbonyl (C=O) groups is 2. The molecule has 2 unspecified atom stereocenters. The topological polar surface area (TPSA) is 46.6 Å². The van der Waals surface area contributed by atoms with E-state index in [-0.39, 0.29) is 16.7 Å². The van der Waals surface area contributed by atoms with Crippen molar-refractivity contribution >= 4 is 27.8 Å². The number of nitrogens with zero attached hydrogens (tertiary/aromatic N) is 1. The zero-order valence-electron chi connectivity index (χ0n) is 12.5. The van der Waals surface area contributed by atoms with Crippen molar-refractivity contribution in [1.82, 2.24) is 4.90 Å². The van der Waals surface area contributed by atoms with Crippen LogP contribution in [0.3, 0.4) is 0 Å². The summed E-state index contributed by atoms with van der Waals surface area (Å²) < 4.78 is 5.50. The molecule has 1 amide bonds. The normalized spacial score (nSPS) is 20.5. The number of amides is 1. The molecule has 0 aliphatic carbocycles. The molecule has 2 atom stereocenters. The average molecular weight is 354 g/mol. The number of rotatable bonds is 3. The molecule has 1 saturated heterocycles. The van der Waals surface area contributed by atoms with Gasteiger partial charge in [0.2, 0.25) is 5.91 Å². The molecule has 1 heterocycles. The van der Waals surface area contributed by atoms with Gasteiger partial charge in [-0.2, -0.15) is 0 Å². The number of hydrogen-bond acceptors (Lipinski definition) is 3.